The van der Waals surface area contributed by atoms with E-state index in [2.05, 4.69) is 45.6 Å². The van der Waals surface area contributed by atoms with E-state index in [1.165, 1.54) is 24.2 Å². The molecule has 1 aromatic heterocycles. The summed E-state index contributed by atoms with van der Waals surface area (Å²) in [4.78, 5) is 24.5. The Morgan fingerprint density at radius 3 is 2.39 bits per heavy atom. The van der Waals surface area contributed by atoms with E-state index in [9.17, 15) is 9.59 Å². The molecular weight excluding hydrogens is 432 g/mol. The molecule has 0 spiro atoms. The molecule has 4 rings (SSSR count). The first-order valence-corrected chi connectivity index (χ1v) is 11.8. The molecule has 0 bridgehead atoms. The van der Waals surface area contributed by atoms with Crippen LogP contribution in [-0.2, 0) is 16.0 Å². The molecule has 0 aliphatic carbocycles. The van der Waals surface area contributed by atoms with Crippen LogP contribution in [0.3, 0.4) is 0 Å². The van der Waals surface area contributed by atoms with E-state index in [4.69, 9.17) is 0 Å². The topological polar surface area (TPSA) is 75.2 Å². The Labute approximate surface area is 198 Å². The quantitative estimate of drug-likeness (QED) is 0.441. The zero-order chi connectivity index (χ0) is 23.5. The number of nitrogens with zero attached hydrogens (tertiary/aromatic N) is 1. The van der Waals surface area contributed by atoms with Gasteiger partial charge in [-0.25, -0.2) is 0 Å². The van der Waals surface area contributed by atoms with Gasteiger partial charge < -0.3 is 20.5 Å². The van der Waals surface area contributed by atoms with Gasteiger partial charge >= 0.3 is 0 Å². The minimum absolute atomic E-state index is 0.0767. The number of aryl methyl sites for hydroxylation is 2. The first-order valence-electron chi connectivity index (χ1n) is 11.0. The van der Waals surface area contributed by atoms with Crippen LogP contribution < -0.4 is 16.0 Å². The largest absolute Gasteiger partial charge is 0.357 e. The molecule has 0 saturated carbocycles. The highest BCUT2D eigenvalue weighted by Gasteiger charge is 2.27. The van der Waals surface area contributed by atoms with Crippen molar-refractivity contribution in [2.24, 2.45) is 0 Å². The van der Waals surface area contributed by atoms with Crippen LogP contribution in [0.4, 0.5) is 11.4 Å². The Hall–Kier alpha value is -3.45. The third kappa shape index (κ3) is 5.14. The number of benzene rings is 2. The Morgan fingerprint density at radius 1 is 1.09 bits per heavy atom. The second-order valence-electron chi connectivity index (χ2n) is 8.06. The number of aromatic nitrogens is 1. The average molecular weight is 461 g/mol. The number of nitrogens with one attached hydrogen (secondary N) is 3. The van der Waals surface area contributed by atoms with E-state index >= 15 is 0 Å². The van der Waals surface area contributed by atoms with Crippen molar-refractivity contribution in [3.05, 3.63) is 82.0 Å². The lowest BCUT2D eigenvalue weighted by Gasteiger charge is -2.12. The standard InChI is InChI=1S/C26H28N4O2S/c1-5-19-6-8-22(9-7-19)28-26-29-25(32)24(33-26)15-20-14-16(2)30(17(20)3)23-12-10-21(11-13-23)27-18(4)31/h6-15,26,28H,5H2,1-4H3,(H,27,31)(H,29,32)/b24-15-/t26-/m0/s1. The number of anilines is 2. The van der Waals surface area contributed by atoms with Crippen LogP contribution in [0.5, 0.6) is 0 Å². The van der Waals surface area contributed by atoms with E-state index in [0.717, 1.165) is 40.4 Å². The molecule has 2 amide bonds. The Bertz CT molecular complexity index is 1210. The molecule has 1 aliphatic rings. The predicted octanol–water partition coefficient (Wildman–Crippen LogP) is 5.21. The number of hydrogen-bond donors (Lipinski definition) is 3. The summed E-state index contributed by atoms with van der Waals surface area (Å²) in [5, 5.41) is 9.16. The summed E-state index contributed by atoms with van der Waals surface area (Å²) in [6.45, 7) is 7.71. The zero-order valence-electron chi connectivity index (χ0n) is 19.2. The van der Waals surface area contributed by atoms with Gasteiger partial charge in [-0.3, -0.25) is 9.59 Å². The summed E-state index contributed by atoms with van der Waals surface area (Å²) < 4.78 is 2.15. The smallest absolute Gasteiger partial charge is 0.260 e. The average Bonchev–Trinajstić information content (AvgIpc) is 3.27. The molecule has 6 nitrogen and oxygen atoms in total. The van der Waals surface area contributed by atoms with Gasteiger partial charge in [-0.1, -0.05) is 30.8 Å². The summed E-state index contributed by atoms with van der Waals surface area (Å²) in [5.74, 6) is -0.171. The van der Waals surface area contributed by atoms with Crippen molar-refractivity contribution in [2.45, 2.75) is 39.6 Å². The van der Waals surface area contributed by atoms with Crippen molar-refractivity contribution in [1.29, 1.82) is 0 Å². The summed E-state index contributed by atoms with van der Waals surface area (Å²) in [6, 6.07) is 18.1. The maximum absolute atomic E-state index is 12.6. The number of carbonyl (C=O) groups is 2. The number of carbonyl (C=O) groups excluding carboxylic acids is 2. The van der Waals surface area contributed by atoms with Gasteiger partial charge in [-0.15, -0.1) is 0 Å². The molecule has 2 aromatic carbocycles. The predicted molar refractivity (Wildman–Crippen MR) is 136 cm³/mol. The molecule has 1 aliphatic heterocycles. The number of amides is 2. The second kappa shape index (κ2) is 9.58. The van der Waals surface area contributed by atoms with E-state index in [1.807, 2.05) is 56.3 Å². The second-order valence-corrected chi connectivity index (χ2v) is 9.21. The molecule has 33 heavy (non-hydrogen) atoms. The molecule has 0 unspecified atom stereocenters. The molecular formula is C26H28N4O2S. The van der Waals surface area contributed by atoms with Gasteiger partial charge in [-0.05, 0) is 79.9 Å². The van der Waals surface area contributed by atoms with Crippen LogP contribution >= 0.6 is 11.8 Å². The minimum Gasteiger partial charge on any atom is -0.357 e. The van der Waals surface area contributed by atoms with Gasteiger partial charge in [0.2, 0.25) is 5.91 Å². The monoisotopic (exact) mass is 460 g/mol. The lowest BCUT2D eigenvalue weighted by molar-refractivity contribution is -0.116. The molecule has 1 saturated heterocycles. The Balaban J connectivity index is 1.52. The summed E-state index contributed by atoms with van der Waals surface area (Å²) in [5.41, 5.74) is 6.94. The van der Waals surface area contributed by atoms with Crippen molar-refractivity contribution in [3.63, 3.8) is 0 Å². The highest BCUT2D eigenvalue weighted by atomic mass is 32.2. The van der Waals surface area contributed by atoms with Crippen molar-refractivity contribution in [1.82, 2.24) is 9.88 Å². The fraction of sp³-hybridized carbons (Fsp3) is 0.231. The zero-order valence-corrected chi connectivity index (χ0v) is 20.0. The van der Waals surface area contributed by atoms with Crippen LogP contribution in [0.25, 0.3) is 11.8 Å². The lowest BCUT2D eigenvalue weighted by Crippen LogP contribution is -2.30. The molecule has 3 N–H and O–H groups in total. The van der Waals surface area contributed by atoms with Gasteiger partial charge in [0.25, 0.3) is 5.91 Å². The molecule has 1 fully saturated rings. The molecule has 2 heterocycles. The number of rotatable bonds is 6. The highest BCUT2D eigenvalue weighted by Crippen LogP contribution is 2.32. The van der Waals surface area contributed by atoms with Crippen molar-refractivity contribution in [3.8, 4) is 5.69 Å². The van der Waals surface area contributed by atoms with Gasteiger partial charge in [0.15, 0.2) is 5.50 Å². The van der Waals surface area contributed by atoms with Gasteiger partial charge in [-0.2, -0.15) is 0 Å². The third-order valence-corrected chi connectivity index (χ3v) is 6.62. The first-order chi connectivity index (χ1) is 15.8. The Morgan fingerprint density at radius 2 is 1.76 bits per heavy atom. The van der Waals surface area contributed by atoms with Crippen molar-refractivity contribution < 1.29 is 9.59 Å². The van der Waals surface area contributed by atoms with Crippen LogP contribution in [0.1, 0.15) is 36.4 Å². The van der Waals surface area contributed by atoms with Crippen LogP contribution in [-0.4, -0.2) is 21.9 Å². The molecule has 0 radical (unpaired) electrons. The third-order valence-electron chi connectivity index (χ3n) is 5.59. The van der Waals surface area contributed by atoms with Crippen molar-refractivity contribution in [2.75, 3.05) is 10.6 Å². The maximum atomic E-state index is 12.6. The molecule has 3 aromatic rings. The van der Waals surface area contributed by atoms with E-state index in [1.54, 1.807) is 0 Å². The summed E-state index contributed by atoms with van der Waals surface area (Å²) >= 11 is 1.49. The SMILES string of the molecule is CCc1ccc(N[C@H]2NC(=O)/C(=C/c3cc(C)n(-c4ccc(NC(C)=O)cc4)c3C)S2)cc1. The first kappa shape index (κ1) is 22.7. The highest BCUT2D eigenvalue weighted by molar-refractivity contribution is 8.05. The van der Waals surface area contributed by atoms with Crippen molar-refractivity contribution >= 4 is 41.0 Å². The normalized spacial score (nSPS) is 16.7. The van der Waals surface area contributed by atoms with Gasteiger partial charge in [0.05, 0.1) is 4.91 Å². The maximum Gasteiger partial charge on any atom is 0.260 e. The summed E-state index contributed by atoms with van der Waals surface area (Å²) in [7, 11) is 0. The van der Waals surface area contributed by atoms with E-state index in [0.29, 0.717) is 4.91 Å². The van der Waals surface area contributed by atoms with Crippen LogP contribution in [0.15, 0.2) is 59.5 Å². The Kier molecular flexibility index (Phi) is 6.60. The lowest BCUT2D eigenvalue weighted by atomic mass is 10.1. The van der Waals surface area contributed by atoms with Crippen LogP contribution in [0.2, 0.25) is 0 Å². The van der Waals surface area contributed by atoms with Crippen LogP contribution in [0, 0.1) is 13.8 Å². The fourth-order valence-corrected chi connectivity index (χ4v) is 4.90. The molecule has 1 atom stereocenters. The fourth-order valence-electron chi connectivity index (χ4n) is 3.92. The summed E-state index contributed by atoms with van der Waals surface area (Å²) in [6.07, 6.45) is 2.95. The molecule has 170 valence electrons. The number of hydrogen-bond acceptors (Lipinski definition) is 4. The van der Waals surface area contributed by atoms with E-state index < -0.39 is 0 Å². The van der Waals surface area contributed by atoms with E-state index in [-0.39, 0.29) is 17.3 Å². The minimum atomic E-state index is -0.207. The molecule has 7 heteroatoms. The van der Waals surface area contributed by atoms with Gasteiger partial charge in [0.1, 0.15) is 0 Å². The van der Waals surface area contributed by atoms with Gasteiger partial charge in [0, 0.05) is 35.4 Å². The number of thioether (sulfide) groups is 1.